The zero-order chi connectivity index (χ0) is 24.9. The number of piperidine rings is 1. The second-order valence-corrected chi connectivity index (χ2v) is 10.2. The summed E-state index contributed by atoms with van der Waals surface area (Å²) >= 11 is 0. The molecule has 2 saturated heterocycles. The van der Waals surface area contributed by atoms with E-state index in [1.807, 2.05) is 25.1 Å². The van der Waals surface area contributed by atoms with Gasteiger partial charge in [-0.05, 0) is 61.6 Å². The van der Waals surface area contributed by atoms with Crippen molar-refractivity contribution in [1.29, 1.82) is 0 Å². The smallest absolute Gasteiger partial charge is 0.161 e. The highest BCUT2D eigenvalue weighted by Gasteiger charge is 2.39. The SMILES string of the molecule is COc1ccc(-c2nc3c(C)nc(-c4ccc(N5CCC6(CC5)CNC6)cc4)cc3n2C)cc1OC. The van der Waals surface area contributed by atoms with E-state index in [1.54, 1.807) is 14.2 Å². The lowest BCUT2D eigenvalue weighted by Crippen LogP contribution is -2.58. The van der Waals surface area contributed by atoms with Crippen LogP contribution in [0.3, 0.4) is 0 Å². The molecule has 2 fully saturated rings. The summed E-state index contributed by atoms with van der Waals surface area (Å²) in [4.78, 5) is 12.4. The van der Waals surface area contributed by atoms with Crippen LogP contribution >= 0.6 is 0 Å². The summed E-state index contributed by atoms with van der Waals surface area (Å²) in [5.41, 5.74) is 7.81. The predicted octanol–water partition coefficient (Wildman–Crippen LogP) is 4.82. The monoisotopic (exact) mass is 483 g/mol. The van der Waals surface area contributed by atoms with Crippen LogP contribution in [0.1, 0.15) is 18.5 Å². The zero-order valence-corrected chi connectivity index (χ0v) is 21.5. The van der Waals surface area contributed by atoms with Crippen molar-refractivity contribution in [1.82, 2.24) is 19.9 Å². The number of anilines is 1. The Morgan fingerprint density at radius 3 is 2.19 bits per heavy atom. The molecule has 2 aliphatic rings. The van der Waals surface area contributed by atoms with E-state index in [0.717, 1.165) is 52.5 Å². The molecule has 7 heteroatoms. The number of aromatic nitrogens is 3. The van der Waals surface area contributed by atoms with Crippen LogP contribution in [0.5, 0.6) is 11.5 Å². The fourth-order valence-corrected chi connectivity index (χ4v) is 5.63. The Kier molecular flexibility index (Phi) is 5.60. The zero-order valence-electron chi connectivity index (χ0n) is 21.5. The van der Waals surface area contributed by atoms with E-state index in [0.29, 0.717) is 16.9 Å². The molecule has 2 aromatic heterocycles. The minimum Gasteiger partial charge on any atom is -0.493 e. The van der Waals surface area contributed by atoms with E-state index in [1.165, 1.54) is 31.6 Å². The molecule has 7 nitrogen and oxygen atoms in total. The first kappa shape index (κ1) is 22.9. The van der Waals surface area contributed by atoms with E-state index in [2.05, 4.69) is 52.2 Å². The fraction of sp³-hybridized carbons (Fsp3) is 0.379. The summed E-state index contributed by atoms with van der Waals surface area (Å²) in [6, 6.07) is 16.9. The van der Waals surface area contributed by atoms with E-state index >= 15 is 0 Å². The Hall–Kier alpha value is -3.58. The Labute approximate surface area is 212 Å². The van der Waals surface area contributed by atoms with Gasteiger partial charge in [0.25, 0.3) is 0 Å². The van der Waals surface area contributed by atoms with Gasteiger partial charge in [-0.1, -0.05) is 12.1 Å². The van der Waals surface area contributed by atoms with Gasteiger partial charge in [0, 0.05) is 50.0 Å². The molecule has 6 rings (SSSR count). The molecule has 1 spiro atoms. The summed E-state index contributed by atoms with van der Waals surface area (Å²) in [5, 5.41) is 3.45. The third-order valence-corrected chi connectivity index (χ3v) is 8.04. The summed E-state index contributed by atoms with van der Waals surface area (Å²) in [7, 11) is 5.34. The van der Waals surface area contributed by atoms with Gasteiger partial charge < -0.3 is 24.3 Å². The van der Waals surface area contributed by atoms with E-state index in [4.69, 9.17) is 19.4 Å². The maximum atomic E-state index is 5.50. The lowest BCUT2D eigenvalue weighted by Gasteiger charge is -2.49. The number of fused-ring (bicyclic) bond motifs is 1. The van der Waals surface area contributed by atoms with Crippen LogP contribution in [0.2, 0.25) is 0 Å². The highest BCUT2D eigenvalue weighted by Crippen LogP contribution is 2.37. The quantitative estimate of drug-likeness (QED) is 0.439. The first-order valence-electron chi connectivity index (χ1n) is 12.6. The number of ether oxygens (including phenoxy) is 2. The number of pyridine rings is 1. The molecule has 4 heterocycles. The summed E-state index contributed by atoms with van der Waals surface area (Å²) < 4.78 is 13.0. The van der Waals surface area contributed by atoms with Crippen LogP contribution in [0.15, 0.2) is 48.5 Å². The van der Waals surface area contributed by atoms with Gasteiger partial charge in [-0.25, -0.2) is 4.98 Å². The van der Waals surface area contributed by atoms with Gasteiger partial charge in [0.1, 0.15) is 11.3 Å². The first-order valence-corrected chi connectivity index (χ1v) is 12.6. The van der Waals surface area contributed by atoms with Crippen molar-refractivity contribution in [2.75, 3.05) is 45.3 Å². The number of hydrogen-bond acceptors (Lipinski definition) is 6. The lowest BCUT2D eigenvalue weighted by molar-refractivity contribution is 0.126. The molecule has 0 saturated carbocycles. The number of imidazole rings is 1. The Morgan fingerprint density at radius 1 is 0.861 bits per heavy atom. The van der Waals surface area contributed by atoms with Gasteiger partial charge >= 0.3 is 0 Å². The van der Waals surface area contributed by atoms with E-state index in [-0.39, 0.29) is 0 Å². The highest BCUT2D eigenvalue weighted by atomic mass is 16.5. The van der Waals surface area contributed by atoms with Crippen molar-refractivity contribution >= 4 is 16.7 Å². The average molecular weight is 484 g/mol. The van der Waals surface area contributed by atoms with Gasteiger partial charge in [0.05, 0.1) is 31.1 Å². The molecule has 0 bridgehead atoms. The Balaban J connectivity index is 1.29. The van der Waals surface area contributed by atoms with Crippen molar-refractivity contribution in [3.63, 3.8) is 0 Å². The van der Waals surface area contributed by atoms with E-state index < -0.39 is 0 Å². The third-order valence-electron chi connectivity index (χ3n) is 8.04. The second kappa shape index (κ2) is 8.82. The molecule has 0 aliphatic carbocycles. The molecular formula is C29H33N5O2. The van der Waals surface area contributed by atoms with Crippen LogP contribution in [0, 0.1) is 12.3 Å². The molecule has 4 aromatic rings. The van der Waals surface area contributed by atoms with Crippen LogP contribution in [-0.2, 0) is 7.05 Å². The molecule has 0 unspecified atom stereocenters. The first-order chi connectivity index (χ1) is 17.5. The van der Waals surface area contributed by atoms with Gasteiger partial charge in [-0.3, -0.25) is 4.98 Å². The summed E-state index contributed by atoms with van der Waals surface area (Å²) in [5.74, 6) is 2.26. The molecule has 36 heavy (non-hydrogen) atoms. The Bertz CT molecular complexity index is 1410. The standard InChI is InChI=1S/C29H33N5O2/c1-19-27-24(33(2)28(32-27)21-7-10-25(35-3)26(15-21)36-4)16-23(31-19)20-5-8-22(9-6-20)34-13-11-29(12-14-34)17-30-18-29/h5-10,15-16,30H,11-14,17-18H2,1-4H3. The summed E-state index contributed by atoms with van der Waals surface area (Å²) in [6.45, 7) is 6.69. The van der Waals surface area contributed by atoms with Crippen molar-refractivity contribution < 1.29 is 9.47 Å². The third kappa shape index (κ3) is 3.78. The number of rotatable bonds is 5. The van der Waals surface area contributed by atoms with Gasteiger partial charge in [-0.2, -0.15) is 0 Å². The van der Waals surface area contributed by atoms with Gasteiger partial charge in [0.15, 0.2) is 11.5 Å². The van der Waals surface area contributed by atoms with Gasteiger partial charge in [0.2, 0.25) is 0 Å². The predicted molar refractivity (Wildman–Crippen MR) is 144 cm³/mol. The van der Waals surface area contributed by atoms with Gasteiger partial charge in [-0.15, -0.1) is 0 Å². The maximum Gasteiger partial charge on any atom is 0.161 e. The average Bonchev–Trinajstić information content (AvgIpc) is 3.24. The van der Waals surface area contributed by atoms with Crippen LogP contribution < -0.4 is 19.7 Å². The van der Waals surface area contributed by atoms with E-state index in [9.17, 15) is 0 Å². The molecule has 0 amide bonds. The number of methoxy groups -OCH3 is 2. The molecule has 1 N–H and O–H groups in total. The number of aryl methyl sites for hydroxylation is 2. The number of nitrogens with one attached hydrogen (secondary N) is 1. The lowest BCUT2D eigenvalue weighted by atomic mass is 9.73. The van der Waals surface area contributed by atoms with Crippen molar-refractivity contribution in [3.8, 4) is 34.1 Å². The Morgan fingerprint density at radius 2 is 1.56 bits per heavy atom. The van der Waals surface area contributed by atoms with Crippen molar-refractivity contribution in [2.24, 2.45) is 12.5 Å². The minimum atomic E-state index is 0.562. The minimum absolute atomic E-state index is 0.562. The number of hydrogen-bond donors (Lipinski definition) is 1. The normalized spacial score (nSPS) is 16.8. The molecular weight excluding hydrogens is 450 g/mol. The molecule has 186 valence electrons. The molecule has 2 aromatic carbocycles. The molecule has 0 radical (unpaired) electrons. The highest BCUT2D eigenvalue weighted by molar-refractivity contribution is 5.86. The second-order valence-electron chi connectivity index (χ2n) is 10.2. The number of nitrogens with zero attached hydrogens (tertiary/aromatic N) is 4. The number of benzene rings is 2. The van der Waals surface area contributed by atoms with Crippen molar-refractivity contribution in [3.05, 3.63) is 54.2 Å². The molecule has 0 atom stereocenters. The van der Waals surface area contributed by atoms with Crippen LogP contribution in [0.25, 0.3) is 33.7 Å². The van der Waals surface area contributed by atoms with Crippen molar-refractivity contribution in [2.45, 2.75) is 19.8 Å². The largest absolute Gasteiger partial charge is 0.493 e. The topological polar surface area (TPSA) is 64.4 Å². The summed E-state index contributed by atoms with van der Waals surface area (Å²) in [6.07, 6.45) is 2.56. The maximum absolute atomic E-state index is 5.50. The fourth-order valence-electron chi connectivity index (χ4n) is 5.63. The molecule has 2 aliphatic heterocycles. The van der Waals surface area contributed by atoms with Crippen LogP contribution in [0.4, 0.5) is 5.69 Å². The van der Waals surface area contributed by atoms with Crippen LogP contribution in [-0.4, -0.2) is 54.9 Å².